The highest BCUT2D eigenvalue weighted by Gasteiger charge is 2.48. The number of hydrogen-bond donors (Lipinski definition) is 1. The monoisotopic (exact) mass is 478 g/mol. The minimum Gasteiger partial charge on any atom is -0.391 e. The maximum Gasteiger partial charge on any atom is 0.269 e. The van der Waals surface area contributed by atoms with Crippen molar-refractivity contribution in [3.8, 4) is 0 Å². The molecule has 5 nitrogen and oxygen atoms in total. The first-order valence-corrected chi connectivity index (χ1v) is 12.5. The highest BCUT2D eigenvalue weighted by Crippen LogP contribution is 2.46. The number of likely N-dealkylation sites (tertiary alicyclic amines) is 1. The molecule has 0 amide bonds. The van der Waals surface area contributed by atoms with E-state index in [9.17, 15) is 15.2 Å². The molecule has 0 spiro atoms. The second kappa shape index (κ2) is 10.4. The van der Waals surface area contributed by atoms with Crippen LogP contribution in [-0.2, 0) is 12.0 Å². The van der Waals surface area contributed by atoms with Crippen molar-refractivity contribution >= 4 is 5.69 Å². The molecule has 1 N–H and O–H groups in total. The molecule has 1 saturated heterocycles. The van der Waals surface area contributed by atoms with Crippen LogP contribution >= 0.6 is 0 Å². The van der Waals surface area contributed by atoms with Gasteiger partial charge in [-0.15, -0.1) is 0 Å². The molecule has 5 heteroatoms. The van der Waals surface area contributed by atoms with Gasteiger partial charge in [-0.1, -0.05) is 103 Å². The van der Waals surface area contributed by atoms with Gasteiger partial charge in [0.1, 0.15) is 0 Å². The minimum absolute atomic E-state index is 0.0620. The number of nitro groups is 1. The van der Waals surface area contributed by atoms with E-state index < -0.39 is 16.6 Å². The van der Waals surface area contributed by atoms with Crippen molar-refractivity contribution in [1.82, 2.24) is 4.90 Å². The van der Waals surface area contributed by atoms with Crippen LogP contribution in [0, 0.1) is 10.1 Å². The van der Waals surface area contributed by atoms with E-state index in [1.807, 2.05) is 18.2 Å². The maximum atomic E-state index is 11.6. The zero-order valence-electron chi connectivity index (χ0n) is 20.1. The maximum absolute atomic E-state index is 11.6. The second-order valence-electron chi connectivity index (χ2n) is 9.41. The number of benzene rings is 4. The lowest BCUT2D eigenvalue weighted by Crippen LogP contribution is -2.54. The fourth-order valence-electron chi connectivity index (χ4n) is 5.78. The summed E-state index contributed by atoms with van der Waals surface area (Å²) in [6.07, 6.45) is 1.68. The van der Waals surface area contributed by atoms with Gasteiger partial charge in [-0.25, -0.2) is 0 Å². The lowest BCUT2D eigenvalue weighted by atomic mass is 9.74. The van der Waals surface area contributed by atoms with Crippen LogP contribution in [0.25, 0.3) is 0 Å². The van der Waals surface area contributed by atoms with Crippen molar-refractivity contribution in [2.24, 2.45) is 0 Å². The summed E-state index contributed by atoms with van der Waals surface area (Å²) in [4.78, 5) is 13.1. The SMILES string of the molecule is O=[N+]([O-])c1ccc(C[C@H](O)[C@H]2CCCN2C(c2ccccc2)(c2ccccc2)c2ccccc2)cc1. The van der Waals surface area contributed by atoms with Gasteiger partial charge in [0, 0.05) is 24.7 Å². The molecule has 1 aliphatic rings. The predicted molar refractivity (Wildman–Crippen MR) is 142 cm³/mol. The van der Waals surface area contributed by atoms with Crippen LogP contribution in [0.15, 0.2) is 115 Å². The smallest absolute Gasteiger partial charge is 0.269 e. The van der Waals surface area contributed by atoms with Crippen molar-refractivity contribution in [3.63, 3.8) is 0 Å². The first kappa shape index (κ1) is 23.9. The first-order chi connectivity index (χ1) is 17.6. The standard InChI is InChI=1S/C31H30N2O3/c34-30(23-24-18-20-28(21-19-24)33(35)36)29-17-10-22-32(29)31(25-11-4-1-5-12-25,26-13-6-2-7-14-26)27-15-8-3-9-16-27/h1-9,11-16,18-21,29-30,34H,10,17,22-23H2/t29-,30+/m1/s1. The zero-order valence-corrected chi connectivity index (χ0v) is 20.1. The van der Waals surface area contributed by atoms with Crippen LogP contribution in [0.3, 0.4) is 0 Å². The van der Waals surface area contributed by atoms with Crippen molar-refractivity contribution in [2.75, 3.05) is 6.54 Å². The lowest BCUT2D eigenvalue weighted by Gasteiger charge is -2.47. The summed E-state index contributed by atoms with van der Waals surface area (Å²) in [5.41, 5.74) is 3.88. The predicted octanol–water partition coefficient (Wildman–Crippen LogP) is 5.95. The molecule has 0 aromatic heterocycles. The van der Waals surface area contributed by atoms with E-state index >= 15 is 0 Å². The van der Waals surface area contributed by atoms with Gasteiger partial charge in [-0.2, -0.15) is 0 Å². The molecule has 0 saturated carbocycles. The number of non-ortho nitro benzene ring substituents is 1. The van der Waals surface area contributed by atoms with E-state index in [1.54, 1.807) is 12.1 Å². The first-order valence-electron chi connectivity index (χ1n) is 12.5. The van der Waals surface area contributed by atoms with Crippen LogP contribution in [0.5, 0.6) is 0 Å². The van der Waals surface area contributed by atoms with Crippen LogP contribution in [0.1, 0.15) is 35.1 Å². The third-order valence-corrected chi connectivity index (χ3v) is 7.34. The topological polar surface area (TPSA) is 66.6 Å². The molecule has 4 aromatic carbocycles. The Kier molecular flexibility index (Phi) is 6.94. The van der Waals surface area contributed by atoms with Gasteiger partial charge >= 0.3 is 0 Å². The molecule has 1 fully saturated rings. The van der Waals surface area contributed by atoms with E-state index in [2.05, 4.69) is 77.7 Å². The van der Waals surface area contributed by atoms with Crippen LogP contribution < -0.4 is 0 Å². The average Bonchev–Trinajstić information content (AvgIpc) is 3.42. The Morgan fingerprint density at radius 1 is 0.806 bits per heavy atom. The Labute approximate surface area is 211 Å². The molecular formula is C31H30N2O3. The summed E-state index contributed by atoms with van der Waals surface area (Å²) in [5.74, 6) is 0. The molecule has 0 radical (unpaired) electrons. The van der Waals surface area contributed by atoms with Crippen LogP contribution in [-0.4, -0.2) is 33.6 Å². The fourth-order valence-corrected chi connectivity index (χ4v) is 5.78. The van der Waals surface area contributed by atoms with Crippen molar-refractivity contribution in [2.45, 2.75) is 36.9 Å². The van der Waals surface area contributed by atoms with Crippen LogP contribution in [0.2, 0.25) is 0 Å². The molecule has 0 unspecified atom stereocenters. The van der Waals surface area contributed by atoms with Gasteiger partial charge in [0.25, 0.3) is 5.69 Å². The van der Waals surface area contributed by atoms with Gasteiger partial charge in [0.2, 0.25) is 0 Å². The Morgan fingerprint density at radius 3 is 1.72 bits per heavy atom. The summed E-state index contributed by atoms with van der Waals surface area (Å²) in [6, 6.07) is 38.1. The summed E-state index contributed by atoms with van der Waals surface area (Å²) in [7, 11) is 0. The Morgan fingerprint density at radius 2 is 1.28 bits per heavy atom. The Bertz CT molecular complexity index is 1180. The van der Waals surface area contributed by atoms with Crippen molar-refractivity contribution < 1.29 is 10.0 Å². The summed E-state index contributed by atoms with van der Waals surface area (Å²) >= 11 is 0. The molecule has 1 heterocycles. The number of nitro benzene ring substituents is 1. The highest BCUT2D eigenvalue weighted by atomic mass is 16.6. The van der Waals surface area contributed by atoms with Gasteiger partial charge in [0.15, 0.2) is 0 Å². The third-order valence-electron chi connectivity index (χ3n) is 7.34. The largest absolute Gasteiger partial charge is 0.391 e. The average molecular weight is 479 g/mol. The minimum atomic E-state index is -0.621. The number of nitrogens with zero attached hydrogens (tertiary/aromatic N) is 2. The molecule has 5 rings (SSSR count). The van der Waals surface area contributed by atoms with E-state index in [4.69, 9.17) is 0 Å². The molecular weight excluding hydrogens is 448 g/mol. The molecule has 182 valence electrons. The van der Waals surface area contributed by atoms with Gasteiger partial charge in [-0.05, 0) is 41.5 Å². The highest BCUT2D eigenvalue weighted by molar-refractivity contribution is 5.50. The Hall–Kier alpha value is -3.80. The third kappa shape index (κ3) is 4.43. The van der Waals surface area contributed by atoms with Gasteiger partial charge < -0.3 is 5.11 Å². The number of aliphatic hydroxyl groups excluding tert-OH is 1. The molecule has 36 heavy (non-hydrogen) atoms. The lowest BCUT2D eigenvalue weighted by molar-refractivity contribution is -0.384. The molecule has 4 aromatic rings. The van der Waals surface area contributed by atoms with E-state index in [0.717, 1.165) is 41.6 Å². The molecule has 0 bridgehead atoms. The normalized spacial score (nSPS) is 17.1. The summed E-state index contributed by atoms with van der Waals surface area (Å²) in [6.45, 7) is 0.848. The molecule has 2 atom stereocenters. The van der Waals surface area contributed by atoms with E-state index in [0.29, 0.717) is 6.42 Å². The second-order valence-corrected chi connectivity index (χ2v) is 9.41. The zero-order chi connectivity index (χ0) is 25.0. The fraction of sp³-hybridized carbons (Fsp3) is 0.226. The van der Waals surface area contributed by atoms with Gasteiger partial charge in [-0.3, -0.25) is 15.0 Å². The van der Waals surface area contributed by atoms with Crippen molar-refractivity contribution in [1.29, 1.82) is 0 Å². The van der Waals surface area contributed by atoms with Crippen LogP contribution in [0.4, 0.5) is 5.69 Å². The Balaban J connectivity index is 1.60. The molecule has 1 aliphatic heterocycles. The quantitative estimate of drug-likeness (QED) is 0.193. The van der Waals surface area contributed by atoms with E-state index in [1.165, 1.54) is 12.1 Å². The van der Waals surface area contributed by atoms with E-state index in [-0.39, 0.29) is 11.7 Å². The summed E-state index contributed by atoms with van der Waals surface area (Å²) in [5, 5.41) is 22.6. The number of rotatable bonds is 8. The number of hydrogen-bond acceptors (Lipinski definition) is 4. The number of aliphatic hydroxyl groups is 1. The van der Waals surface area contributed by atoms with Gasteiger partial charge in [0.05, 0.1) is 16.6 Å². The van der Waals surface area contributed by atoms with Crippen molar-refractivity contribution in [3.05, 3.63) is 148 Å². The summed E-state index contributed by atoms with van der Waals surface area (Å²) < 4.78 is 0. The molecule has 0 aliphatic carbocycles.